The van der Waals surface area contributed by atoms with Gasteiger partial charge in [0, 0.05) is 11.6 Å². The third-order valence-electron chi connectivity index (χ3n) is 3.73. The average Bonchev–Trinajstić information content (AvgIpc) is 2.98. The summed E-state index contributed by atoms with van der Waals surface area (Å²) in [6, 6.07) is 15.6. The predicted molar refractivity (Wildman–Crippen MR) is 94.1 cm³/mol. The molecule has 112 valence electrons. The molecule has 1 N–H and O–H groups in total. The number of para-hydroxylation sites is 1. The van der Waals surface area contributed by atoms with E-state index in [2.05, 4.69) is 15.3 Å². The third-order valence-corrected chi connectivity index (χ3v) is 4.67. The Morgan fingerprint density at radius 2 is 1.96 bits per heavy atom. The fraction of sp³-hybridized carbons (Fsp3) is 0.0556. The smallest absolute Gasteiger partial charge is 0.276 e. The lowest BCUT2D eigenvalue weighted by molar-refractivity contribution is 0.102. The van der Waals surface area contributed by atoms with Gasteiger partial charge in [0.25, 0.3) is 5.91 Å². The van der Waals surface area contributed by atoms with Gasteiger partial charge in [-0.15, -0.1) is 0 Å². The SMILES string of the molecule is Cc1cccc2sc(NC(=O)c3nccc4ccccc34)nc12. The van der Waals surface area contributed by atoms with Crippen LogP contribution in [0.15, 0.2) is 54.7 Å². The number of fused-ring (bicyclic) bond motifs is 2. The molecule has 0 aliphatic heterocycles. The van der Waals surface area contributed by atoms with E-state index in [0.717, 1.165) is 26.6 Å². The number of pyridine rings is 1. The Balaban J connectivity index is 1.72. The first-order valence-electron chi connectivity index (χ1n) is 7.23. The quantitative estimate of drug-likeness (QED) is 0.595. The van der Waals surface area contributed by atoms with E-state index in [1.807, 2.05) is 55.5 Å². The first kappa shape index (κ1) is 13.8. The fourth-order valence-corrected chi connectivity index (χ4v) is 3.54. The minimum absolute atomic E-state index is 0.237. The Kier molecular flexibility index (Phi) is 3.28. The van der Waals surface area contributed by atoms with Crippen LogP contribution < -0.4 is 5.32 Å². The molecule has 0 aliphatic rings. The van der Waals surface area contributed by atoms with Crippen LogP contribution in [0.25, 0.3) is 21.0 Å². The van der Waals surface area contributed by atoms with Gasteiger partial charge in [-0.1, -0.05) is 47.7 Å². The maximum absolute atomic E-state index is 12.6. The van der Waals surface area contributed by atoms with Crippen LogP contribution in [-0.4, -0.2) is 15.9 Å². The zero-order chi connectivity index (χ0) is 15.8. The number of amides is 1. The van der Waals surface area contributed by atoms with Gasteiger partial charge in [-0.2, -0.15) is 0 Å². The molecule has 0 saturated heterocycles. The number of hydrogen-bond donors (Lipinski definition) is 1. The molecular weight excluding hydrogens is 306 g/mol. The highest BCUT2D eigenvalue weighted by Gasteiger charge is 2.14. The maximum atomic E-state index is 12.6. The van der Waals surface area contributed by atoms with Crippen LogP contribution in [0.2, 0.25) is 0 Å². The van der Waals surface area contributed by atoms with Crippen molar-refractivity contribution < 1.29 is 4.79 Å². The summed E-state index contributed by atoms with van der Waals surface area (Å²) >= 11 is 1.47. The molecule has 4 nitrogen and oxygen atoms in total. The second-order valence-corrected chi connectivity index (χ2v) is 6.31. The van der Waals surface area contributed by atoms with E-state index < -0.39 is 0 Å². The highest BCUT2D eigenvalue weighted by Crippen LogP contribution is 2.28. The number of anilines is 1. The summed E-state index contributed by atoms with van der Waals surface area (Å²) in [5, 5.41) is 5.30. The zero-order valence-electron chi connectivity index (χ0n) is 12.4. The first-order chi connectivity index (χ1) is 11.2. The number of hydrogen-bond acceptors (Lipinski definition) is 4. The summed E-state index contributed by atoms with van der Waals surface area (Å²) in [5.74, 6) is -0.237. The van der Waals surface area contributed by atoms with Gasteiger partial charge < -0.3 is 0 Å². The predicted octanol–water partition coefficient (Wildman–Crippen LogP) is 4.41. The van der Waals surface area contributed by atoms with Gasteiger partial charge >= 0.3 is 0 Å². The van der Waals surface area contributed by atoms with Crippen molar-refractivity contribution in [2.75, 3.05) is 5.32 Å². The highest BCUT2D eigenvalue weighted by atomic mass is 32.1. The standard InChI is InChI=1S/C18H13N3OS/c1-11-5-4-8-14-15(11)20-18(23-14)21-17(22)16-13-7-3-2-6-12(13)9-10-19-16/h2-10H,1H3,(H,20,21,22). The molecule has 0 atom stereocenters. The van der Waals surface area contributed by atoms with Crippen molar-refractivity contribution in [3.05, 3.63) is 66.0 Å². The molecule has 5 heteroatoms. The Morgan fingerprint density at radius 3 is 2.83 bits per heavy atom. The van der Waals surface area contributed by atoms with Crippen molar-refractivity contribution in [2.24, 2.45) is 0 Å². The molecule has 0 aliphatic carbocycles. The van der Waals surface area contributed by atoms with Crippen molar-refractivity contribution in [2.45, 2.75) is 6.92 Å². The van der Waals surface area contributed by atoms with Crippen molar-refractivity contribution in [1.29, 1.82) is 0 Å². The molecule has 4 rings (SSSR count). The van der Waals surface area contributed by atoms with Crippen molar-refractivity contribution in [1.82, 2.24) is 9.97 Å². The van der Waals surface area contributed by atoms with E-state index in [1.54, 1.807) is 6.20 Å². The maximum Gasteiger partial charge on any atom is 0.276 e. The molecule has 2 aromatic heterocycles. The minimum Gasteiger partial charge on any atom is -0.296 e. The average molecular weight is 319 g/mol. The van der Waals surface area contributed by atoms with Crippen molar-refractivity contribution in [3.63, 3.8) is 0 Å². The number of carbonyl (C=O) groups is 1. The van der Waals surface area contributed by atoms with Gasteiger partial charge in [0.1, 0.15) is 5.69 Å². The first-order valence-corrected chi connectivity index (χ1v) is 8.05. The molecular formula is C18H13N3OS. The largest absolute Gasteiger partial charge is 0.296 e. The van der Waals surface area contributed by atoms with Crippen LogP contribution >= 0.6 is 11.3 Å². The number of rotatable bonds is 2. The Labute approximate surface area is 136 Å². The van der Waals surface area contributed by atoms with E-state index in [4.69, 9.17) is 0 Å². The van der Waals surface area contributed by atoms with Gasteiger partial charge in [0.15, 0.2) is 5.13 Å². The van der Waals surface area contributed by atoms with E-state index >= 15 is 0 Å². The molecule has 0 radical (unpaired) electrons. The van der Waals surface area contributed by atoms with Crippen LogP contribution in [0.5, 0.6) is 0 Å². The van der Waals surface area contributed by atoms with Crippen molar-refractivity contribution in [3.8, 4) is 0 Å². The van der Waals surface area contributed by atoms with E-state index in [-0.39, 0.29) is 5.91 Å². The molecule has 23 heavy (non-hydrogen) atoms. The number of nitrogens with zero attached hydrogens (tertiary/aromatic N) is 2. The van der Waals surface area contributed by atoms with E-state index in [9.17, 15) is 4.79 Å². The lowest BCUT2D eigenvalue weighted by atomic mass is 10.1. The summed E-state index contributed by atoms with van der Waals surface area (Å²) in [5.41, 5.74) is 2.44. The fourth-order valence-electron chi connectivity index (χ4n) is 2.60. The van der Waals surface area contributed by atoms with Crippen LogP contribution in [0.4, 0.5) is 5.13 Å². The number of carbonyl (C=O) groups excluding carboxylic acids is 1. The summed E-state index contributed by atoms with van der Waals surface area (Å²) in [7, 11) is 0. The number of aryl methyl sites for hydroxylation is 1. The lowest BCUT2D eigenvalue weighted by Gasteiger charge is -2.04. The molecule has 2 aromatic carbocycles. The highest BCUT2D eigenvalue weighted by molar-refractivity contribution is 7.22. The van der Waals surface area contributed by atoms with Gasteiger partial charge in [-0.3, -0.25) is 15.1 Å². The molecule has 0 bridgehead atoms. The number of nitrogens with one attached hydrogen (secondary N) is 1. The van der Waals surface area contributed by atoms with E-state index in [1.165, 1.54) is 11.3 Å². The summed E-state index contributed by atoms with van der Waals surface area (Å²) in [6.07, 6.45) is 1.65. The summed E-state index contributed by atoms with van der Waals surface area (Å²) in [4.78, 5) is 21.3. The normalized spacial score (nSPS) is 11.0. The monoisotopic (exact) mass is 319 g/mol. The van der Waals surface area contributed by atoms with Crippen molar-refractivity contribution >= 4 is 43.4 Å². The van der Waals surface area contributed by atoms with Crippen LogP contribution in [0.1, 0.15) is 16.1 Å². The minimum atomic E-state index is -0.237. The number of thiazole rings is 1. The molecule has 0 unspecified atom stereocenters. The van der Waals surface area contributed by atoms with Crippen LogP contribution in [-0.2, 0) is 0 Å². The second kappa shape index (κ2) is 5.44. The molecule has 4 aromatic rings. The summed E-state index contributed by atoms with van der Waals surface area (Å²) < 4.78 is 1.06. The Morgan fingerprint density at radius 1 is 1.09 bits per heavy atom. The lowest BCUT2D eigenvalue weighted by Crippen LogP contribution is -2.13. The second-order valence-electron chi connectivity index (χ2n) is 5.28. The number of benzene rings is 2. The summed E-state index contributed by atoms with van der Waals surface area (Å²) in [6.45, 7) is 2.01. The van der Waals surface area contributed by atoms with Gasteiger partial charge in [-0.25, -0.2) is 4.98 Å². The van der Waals surface area contributed by atoms with Crippen LogP contribution in [0.3, 0.4) is 0 Å². The van der Waals surface area contributed by atoms with Crippen LogP contribution in [0, 0.1) is 6.92 Å². The van der Waals surface area contributed by atoms with Gasteiger partial charge in [-0.05, 0) is 30.0 Å². The Bertz CT molecular complexity index is 1030. The zero-order valence-corrected chi connectivity index (χ0v) is 13.2. The third kappa shape index (κ3) is 2.45. The molecule has 2 heterocycles. The van der Waals surface area contributed by atoms with E-state index in [0.29, 0.717) is 10.8 Å². The van der Waals surface area contributed by atoms with Gasteiger partial charge in [0.2, 0.25) is 0 Å². The molecule has 0 spiro atoms. The number of aromatic nitrogens is 2. The molecule has 0 saturated carbocycles. The topological polar surface area (TPSA) is 54.9 Å². The molecule has 0 fully saturated rings. The Hall–Kier alpha value is -2.79. The van der Waals surface area contributed by atoms with Gasteiger partial charge in [0.05, 0.1) is 10.2 Å². The molecule has 1 amide bonds.